The van der Waals surface area contributed by atoms with Crippen LogP contribution in [-0.4, -0.2) is 22.3 Å². The Balaban J connectivity index is 2.60. The van der Waals surface area contributed by atoms with Crippen molar-refractivity contribution in [3.8, 4) is 0 Å². The number of likely N-dealkylation sites (tertiary alicyclic amines) is 1. The zero-order valence-corrected chi connectivity index (χ0v) is 6.20. The predicted octanol–water partition coefficient (Wildman–Crippen LogP) is 0.956. The first-order valence-corrected chi connectivity index (χ1v) is 3.43. The highest BCUT2D eigenvalue weighted by molar-refractivity contribution is 7.80. The van der Waals surface area contributed by atoms with Gasteiger partial charge in [-0.25, -0.2) is 0 Å². The van der Waals surface area contributed by atoms with Crippen molar-refractivity contribution in [3.63, 3.8) is 0 Å². The predicted molar refractivity (Wildman–Crippen MR) is 39.2 cm³/mol. The van der Waals surface area contributed by atoms with Gasteiger partial charge in [-0.1, -0.05) is 12.2 Å². The van der Waals surface area contributed by atoms with Crippen molar-refractivity contribution in [2.45, 2.75) is 19.8 Å². The molecule has 9 heavy (non-hydrogen) atoms. The Kier molecular flexibility index (Phi) is 1.81. The fourth-order valence-electron chi connectivity index (χ4n) is 0.981. The summed E-state index contributed by atoms with van der Waals surface area (Å²) < 4.78 is 0. The minimum Gasteiger partial charge on any atom is -0.307 e. The maximum absolute atomic E-state index is 10.7. The van der Waals surface area contributed by atoms with Crippen LogP contribution in [0.2, 0.25) is 0 Å². The van der Waals surface area contributed by atoms with Crippen molar-refractivity contribution in [1.29, 1.82) is 0 Å². The van der Waals surface area contributed by atoms with Crippen LogP contribution in [0.3, 0.4) is 0 Å². The molecule has 1 aliphatic rings. The second-order valence-electron chi connectivity index (χ2n) is 2.17. The number of rotatable bonds is 0. The van der Waals surface area contributed by atoms with E-state index in [1.807, 2.05) is 0 Å². The van der Waals surface area contributed by atoms with Crippen LogP contribution in [0.5, 0.6) is 0 Å². The normalized spacial score (nSPS) is 18.8. The van der Waals surface area contributed by atoms with Gasteiger partial charge in [0.15, 0.2) is 0 Å². The van der Waals surface area contributed by atoms with Crippen molar-refractivity contribution < 1.29 is 4.79 Å². The zero-order chi connectivity index (χ0) is 6.85. The molecule has 0 aromatic rings. The molecule has 0 aromatic heterocycles. The van der Waals surface area contributed by atoms with Crippen molar-refractivity contribution in [2.75, 3.05) is 6.54 Å². The second-order valence-corrected chi connectivity index (χ2v) is 2.64. The van der Waals surface area contributed by atoms with Gasteiger partial charge in [0, 0.05) is 19.9 Å². The molecule has 0 radical (unpaired) electrons. The molecule has 1 amide bonds. The molecule has 0 atom stereocenters. The van der Waals surface area contributed by atoms with E-state index in [1.165, 1.54) is 0 Å². The average Bonchev–Trinajstić information content (AvgIpc) is 2.13. The lowest BCUT2D eigenvalue weighted by atomic mass is 10.4. The molecule has 3 heteroatoms. The molecule has 2 nitrogen and oxygen atoms in total. The highest BCUT2D eigenvalue weighted by atomic mass is 32.1. The molecule has 0 N–H and O–H groups in total. The third-order valence-corrected chi connectivity index (χ3v) is 1.88. The minimum atomic E-state index is 0.0810. The van der Waals surface area contributed by atoms with Crippen LogP contribution in [0, 0.1) is 0 Å². The van der Waals surface area contributed by atoms with Crippen molar-refractivity contribution >= 4 is 23.1 Å². The molecule has 1 fully saturated rings. The van der Waals surface area contributed by atoms with Crippen LogP contribution < -0.4 is 0 Å². The third kappa shape index (κ3) is 1.27. The molecule has 0 aliphatic carbocycles. The molecule has 0 bridgehead atoms. The lowest BCUT2D eigenvalue weighted by molar-refractivity contribution is -0.124. The summed E-state index contributed by atoms with van der Waals surface area (Å²) in [6.45, 7) is 2.38. The van der Waals surface area contributed by atoms with Gasteiger partial charge in [-0.3, -0.25) is 4.79 Å². The number of amides is 1. The SMILES string of the molecule is CC(=O)N1CCCC1=S. The lowest BCUT2D eigenvalue weighted by Crippen LogP contribution is -2.27. The number of nitrogens with zero attached hydrogens (tertiary/aromatic N) is 1. The second kappa shape index (κ2) is 2.43. The van der Waals surface area contributed by atoms with Gasteiger partial charge in [-0.15, -0.1) is 0 Å². The van der Waals surface area contributed by atoms with Gasteiger partial charge in [0.25, 0.3) is 0 Å². The highest BCUT2D eigenvalue weighted by Crippen LogP contribution is 2.10. The van der Waals surface area contributed by atoms with Gasteiger partial charge in [-0.2, -0.15) is 0 Å². The monoisotopic (exact) mass is 143 g/mol. The van der Waals surface area contributed by atoms with Gasteiger partial charge in [0.05, 0.1) is 4.99 Å². The molecule has 1 saturated heterocycles. The summed E-state index contributed by atoms with van der Waals surface area (Å²) in [7, 11) is 0. The summed E-state index contributed by atoms with van der Waals surface area (Å²) >= 11 is 4.92. The molecule has 0 aromatic carbocycles. The van der Waals surface area contributed by atoms with E-state index in [0.29, 0.717) is 0 Å². The average molecular weight is 143 g/mol. The van der Waals surface area contributed by atoms with Crippen molar-refractivity contribution in [2.24, 2.45) is 0 Å². The molecule has 1 aliphatic heterocycles. The van der Waals surface area contributed by atoms with Crippen LogP contribution in [0.25, 0.3) is 0 Å². The minimum absolute atomic E-state index is 0.0810. The molecule has 1 heterocycles. The quantitative estimate of drug-likeness (QED) is 0.471. The van der Waals surface area contributed by atoms with Crippen LogP contribution >= 0.6 is 12.2 Å². The first-order chi connectivity index (χ1) is 4.22. The van der Waals surface area contributed by atoms with E-state index in [9.17, 15) is 4.79 Å². The van der Waals surface area contributed by atoms with E-state index in [2.05, 4.69) is 0 Å². The Morgan fingerprint density at radius 2 is 2.44 bits per heavy atom. The summed E-state index contributed by atoms with van der Waals surface area (Å²) in [6, 6.07) is 0. The molecule has 0 spiro atoms. The maximum atomic E-state index is 10.7. The van der Waals surface area contributed by atoms with Crippen LogP contribution in [0.4, 0.5) is 0 Å². The summed E-state index contributed by atoms with van der Waals surface area (Å²) in [5.41, 5.74) is 0. The standard InChI is InChI=1S/C6H9NOS/c1-5(8)7-4-2-3-6(7)9/h2-4H2,1H3. The molecule has 0 unspecified atom stereocenters. The first-order valence-electron chi connectivity index (χ1n) is 3.03. The van der Waals surface area contributed by atoms with E-state index in [-0.39, 0.29) is 5.91 Å². The fraction of sp³-hybridized carbons (Fsp3) is 0.667. The highest BCUT2D eigenvalue weighted by Gasteiger charge is 2.19. The first kappa shape index (κ1) is 6.68. The number of carbonyl (C=O) groups excluding carboxylic acids is 1. The van der Waals surface area contributed by atoms with Gasteiger partial charge in [0.2, 0.25) is 5.91 Å². The van der Waals surface area contributed by atoms with Crippen molar-refractivity contribution in [1.82, 2.24) is 4.90 Å². The van der Waals surface area contributed by atoms with Crippen LogP contribution in [-0.2, 0) is 4.79 Å². The number of thiocarbonyl (C=S) groups is 1. The molecular formula is C6H9NOS. The summed E-state index contributed by atoms with van der Waals surface area (Å²) in [6.07, 6.45) is 1.95. The Labute approximate surface area is 59.8 Å². The topological polar surface area (TPSA) is 20.3 Å². The van der Waals surface area contributed by atoms with E-state index < -0.39 is 0 Å². The maximum Gasteiger partial charge on any atom is 0.224 e. The molecule has 50 valence electrons. The molecule has 1 rings (SSSR count). The fourth-order valence-corrected chi connectivity index (χ4v) is 1.35. The van der Waals surface area contributed by atoms with Gasteiger partial charge in [0.1, 0.15) is 0 Å². The Bertz CT molecular complexity index is 155. The van der Waals surface area contributed by atoms with E-state index >= 15 is 0 Å². The largest absolute Gasteiger partial charge is 0.307 e. The zero-order valence-electron chi connectivity index (χ0n) is 5.39. The smallest absolute Gasteiger partial charge is 0.224 e. The van der Waals surface area contributed by atoms with Gasteiger partial charge in [-0.05, 0) is 6.42 Å². The molecular weight excluding hydrogens is 134 g/mol. The van der Waals surface area contributed by atoms with Crippen molar-refractivity contribution in [3.05, 3.63) is 0 Å². The third-order valence-electron chi connectivity index (χ3n) is 1.45. The van der Waals surface area contributed by atoms with Crippen LogP contribution in [0.1, 0.15) is 19.8 Å². The van der Waals surface area contributed by atoms with Gasteiger partial charge < -0.3 is 4.90 Å². The van der Waals surface area contributed by atoms with E-state index in [1.54, 1.807) is 11.8 Å². The van der Waals surface area contributed by atoms with Gasteiger partial charge >= 0.3 is 0 Å². The van der Waals surface area contributed by atoms with E-state index in [0.717, 1.165) is 24.4 Å². The number of hydrogen-bond donors (Lipinski definition) is 0. The Morgan fingerprint density at radius 3 is 2.67 bits per heavy atom. The summed E-state index contributed by atoms with van der Waals surface area (Å²) in [5.74, 6) is 0.0810. The Morgan fingerprint density at radius 1 is 1.78 bits per heavy atom. The lowest BCUT2D eigenvalue weighted by Gasteiger charge is -2.11. The van der Waals surface area contributed by atoms with E-state index in [4.69, 9.17) is 12.2 Å². The Hall–Kier alpha value is -0.440. The van der Waals surface area contributed by atoms with Crippen LogP contribution in [0.15, 0.2) is 0 Å². The number of carbonyl (C=O) groups is 1. The molecule has 0 saturated carbocycles. The summed E-state index contributed by atoms with van der Waals surface area (Å²) in [5, 5.41) is 0. The summed E-state index contributed by atoms with van der Waals surface area (Å²) in [4.78, 5) is 13.2. The number of hydrogen-bond acceptors (Lipinski definition) is 2.